The van der Waals surface area contributed by atoms with Crippen molar-refractivity contribution < 1.29 is 4.92 Å². The van der Waals surface area contributed by atoms with Gasteiger partial charge in [0.25, 0.3) is 5.69 Å². The predicted octanol–water partition coefficient (Wildman–Crippen LogP) is 3.71. The van der Waals surface area contributed by atoms with Crippen LogP contribution in [0.5, 0.6) is 0 Å². The van der Waals surface area contributed by atoms with E-state index in [0.29, 0.717) is 5.56 Å². The fraction of sp³-hybridized carbons (Fsp3) is 0. The number of aromatic amines is 1. The van der Waals surface area contributed by atoms with Crippen LogP contribution in [-0.4, -0.2) is 15.1 Å². The Morgan fingerprint density at radius 2 is 2.16 bits per heavy atom. The van der Waals surface area contributed by atoms with Crippen LogP contribution in [0.3, 0.4) is 0 Å². The van der Waals surface area contributed by atoms with E-state index in [1.165, 1.54) is 11.3 Å². The number of hydrogen-bond acceptors (Lipinski definition) is 4. The van der Waals surface area contributed by atoms with Crippen LogP contribution in [0.25, 0.3) is 21.6 Å². The second kappa shape index (κ2) is 4.66. The first-order chi connectivity index (χ1) is 9.25. The summed E-state index contributed by atoms with van der Waals surface area (Å²) < 4.78 is 0. The predicted molar refractivity (Wildman–Crippen MR) is 74.0 cm³/mol. The van der Waals surface area contributed by atoms with E-state index in [4.69, 9.17) is 0 Å². The maximum Gasteiger partial charge on any atom is 0.278 e. The molecule has 6 heteroatoms. The smallest absolute Gasteiger partial charge is 0.278 e. The Balaban J connectivity index is 2.15. The Morgan fingerprint density at radius 3 is 2.79 bits per heavy atom. The second-order valence-electron chi connectivity index (χ2n) is 3.95. The fourth-order valence-electron chi connectivity index (χ4n) is 1.91. The van der Waals surface area contributed by atoms with Gasteiger partial charge in [-0.2, -0.15) is 5.10 Å². The highest BCUT2D eigenvalue weighted by molar-refractivity contribution is 7.13. The Morgan fingerprint density at radius 1 is 1.26 bits per heavy atom. The lowest BCUT2D eigenvalue weighted by atomic mass is 10.0. The van der Waals surface area contributed by atoms with Crippen LogP contribution in [0, 0.1) is 10.1 Å². The third kappa shape index (κ3) is 2.13. The molecule has 0 aliphatic carbocycles. The summed E-state index contributed by atoms with van der Waals surface area (Å²) in [6.07, 6.45) is 3.35. The van der Waals surface area contributed by atoms with E-state index in [9.17, 15) is 10.1 Å². The molecular formula is C13H9N3O2S. The van der Waals surface area contributed by atoms with Gasteiger partial charge in [0.2, 0.25) is 0 Å². The van der Waals surface area contributed by atoms with Crippen LogP contribution in [-0.2, 0) is 0 Å². The van der Waals surface area contributed by atoms with Gasteiger partial charge in [-0.1, -0.05) is 12.1 Å². The zero-order chi connectivity index (χ0) is 13.2. The third-order valence-corrected chi connectivity index (χ3v) is 3.72. The number of hydrogen-bond donors (Lipinski definition) is 1. The molecule has 0 amide bonds. The molecule has 5 nitrogen and oxygen atoms in total. The highest BCUT2D eigenvalue weighted by atomic mass is 32.1. The first-order valence-electron chi connectivity index (χ1n) is 5.57. The first kappa shape index (κ1) is 11.6. The zero-order valence-electron chi connectivity index (χ0n) is 9.74. The molecule has 0 atom stereocenters. The van der Waals surface area contributed by atoms with Crippen LogP contribution < -0.4 is 0 Å². The fourth-order valence-corrected chi connectivity index (χ4v) is 2.67. The van der Waals surface area contributed by atoms with Crippen LogP contribution in [0.15, 0.2) is 48.1 Å². The maximum absolute atomic E-state index is 11.2. The number of thiophene rings is 1. The van der Waals surface area contributed by atoms with Crippen LogP contribution in [0.2, 0.25) is 0 Å². The van der Waals surface area contributed by atoms with Crippen LogP contribution in [0.1, 0.15) is 0 Å². The maximum atomic E-state index is 11.2. The Labute approximate surface area is 112 Å². The lowest BCUT2D eigenvalue weighted by Gasteiger charge is -2.03. The molecular weight excluding hydrogens is 262 g/mol. The van der Waals surface area contributed by atoms with Gasteiger partial charge < -0.3 is 0 Å². The number of nitro groups is 1. The molecule has 0 saturated heterocycles. The average Bonchev–Trinajstić information content (AvgIpc) is 3.11. The van der Waals surface area contributed by atoms with Gasteiger partial charge in [0.15, 0.2) is 0 Å². The number of aromatic nitrogens is 2. The number of nitrogens with one attached hydrogen (secondary N) is 1. The van der Waals surface area contributed by atoms with E-state index in [1.54, 1.807) is 24.5 Å². The van der Waals surface area contributed by atoms with Crippen molar-refractivity contribution in [2.75, 3.05) is 0 Å². The second-order valence-corrected chi connectivity index (χ2v) is 4.90. The van der Waals surface area contributed by atoms with Gasteiger partial charge in [-0.05, 0) is 23.1 Å². The van der Waals surface area contributed by atoms with E-state index >= 15 is 0 Å². The van der Waals surface area contributed by atoms with Gasteiger partial charge in [-0.25, -0.2) is 0 Å². The van der Waals surface area contributed by atoms with Gasteiger partial charge >= 0.3 is 0 Å². The third-order valence-electron chi connectivity index (χ3n) is 2.81. The Kier molecular flexibility index (Phi) is 2.85. The van der Waals surface area contributed by atoms with Crippen molar-refractivity contribution in [2.45, 2.75) is 0 Å². The minimum absolute atomic E-state index is 0.112. The summed E-state index contributed by atoms with van der Waals surface area (Å²) in [7, 11) is 0. The number of nitrogens with zero attached hydrogens (tertiary/aromatic N) is 2. The molecule has 0 radical (unpaired) electrons. The highest BCUT2D eigenvalue weighted by Gasteiger charge is 2.17. The van der Waals surface area contributed by atoms with Crippen molar-refractivity contribution in [1.29, 1.82) is 0 Å². The van der Waals surface area contributed by atoms with Gasteiger partial charge in [0.1, 0.15) is 0 Å². The van der Waals surface area contributed by atoms with E-state index in [1.807, 2.05) is 23.6 Å². The topological polar surface area (TPSA) is 71.8 Å². The number of rotatable bonds is 3. The molecule has 3 aromatic rings. The van der Waals surface area contributed by atoms with E-state index in [0.717, 1.165) is 16.0 Å². The molecule has 0 aliphatic rings. The Bertz CT molecular complexity index is 706. The first-order valence-corrected chi connectivity index (χ1v) is 6.45. The summed E-state index contributed by atoms with van der Waals surface area (Å²) in [5.74, 6) is 0. The molecule has 0 saturated carbocycles. The normalized spacial score (nSPS) is 10.5. The SMILES string of the molecule is O=[N+]([O-])c1cc(-c2cn[nH]c2)ccc1-c1cccs1. The number of benzene rings is 1. The molecule has 0 spiro atoms. The van der Waals surface area contributed by atoms with E-state index in [2.05, 4.69) is 10.2 Å². The van der Waals surface area contributed by atoms with Gasteiger partial charge in [0, 0.05) is 22.7 Å². The summed E-state index contributed by atoms with van der Waals surface area (Å²) in [4.78, 5) is 11.8. The van der Waals surface area contributed by atoms with E-state index in [-0.39, 0.29) is 10.6 Å². The summed E-state index contributed by atoms with van der Waals surface area (Å²) in [6, 6.07) is 9.00. The molecule has 0 fully saturated rings. The molecule has 1 aromatic carbocycles. The lowest BCUT2D eigenvalue weighted by molar-refractivity contribution is -0.384. The number of nitro benzene ring substituents is 1. The van der Waals surface area contributed by atoms with Crippen molar-refractivity contribution in [1.82, 2.24) is 10.2 Å². The minimum atomic E-state index is -0.349. The van der Waals surface area contributed by atoms with Crippen LogP contribution in [0.4, 0.5) is 5.69 Å². The number of H-pyrrole nitrogens is 1. The molecule has 0 unspecified atom stereocenters. The standard InChI is InChI=1S/C13H9N3O2S/c17-16(18)12-6-9(10-7-14-15-8-10)3-4-11(12)13-2-1-5-19-13/h1-8H,(H,14,15). The van der Waals surface area contributed by atoms with E-state index < -0.39 is 0 Å². The minimum Gasteiger partial charge on any atom is -0.285 e. The molecule has 0 aliphatic heterocycles. The summed E-state index contributed by atoms with van der Waals surface area (Å²) in [5, 5.41) is 19.7. The Hall–Kier alpha value is -2.47. The van der Waals surface area contributed by atoms with Gasteiger partial charge in [-0.3, -0.25) is 15.2 Å². The zero-order valence-corrected chi connectivity index (χ0v) is 10.6. The molecule has 19 heavy (non-hydrogen) atoms. The average molecular weight is 271 g/mol. The molecule has 1 N–H and O–H groups in total. The van der Waals surface area contributed by atoms with Crippen molar-refractivity contribution >= 4 is 17.0 Å². The molecule has 0 bridgehead atoms. The lowest BCUT2D eigenvalue weighted by Crippen LogP contribution is -1.91. The molecule has 2 aromatic heterocycles. The summed E-state index contributed by atoms with van der Waals surface area (Å²) in [5.41, 5.74) is 2.37. The van der Waals surface area contributed by atoms with Crippen LogP contribution >= 0.6 is 11.3 Å². The van der Waals surface area contributed by atoms with Crippen molar-refractivity contribution in [3.05, 3.63) is 58.2 Å². The molecule has 2 heterocycles. The largest absolute Gasteiger partial charge is 0.285 e. The monoisotopic (exact) mass is 271 g/mol. The molecule has 94 valence electrons. The highest BCUT2D eigenvalue weighted by Crippen LogP contribution is 2.35. The summed E-state index contributed by atoms with van der Waals surface area (Å²) >= 11 is 1.49. The molecule has 3 rings (SSSR count). The van der Waals surface area contributed by atoms with Crippen molar-refractivity contribution in [3.8, 4) is 21.6 Å². The quantitative estimate of drug-likeness (QED) is 0.583. The van der Waals surface area contributed by atoms with Crippen molar-refractivity contribution in [2.24, 2.45) is 0 Å². The van der Waals surface area contributed by atoms with Gasteiger partial charge in [-0.15, -0.1) is 11.3 Å². The summed E-state index contributed by atoms with van der Waals surface area (Å²) in [6.45, 7) is 0. The van der Waals surface area contributed by atoms with Crippen molar-refractivity contribution in [3.63, 3.8) is 0 Å². The van der Waals surface area contributed by atoms with Gasteiger partial charge in [0.05, 0.1) is 16.7 Å².